The third kappa shape index (κ3) is 9.36. The average Bonchev–Trinajstić information content (AvgIpc) is 3.32. The monoisotopic (exact) mass is 920 g/mol. The fraction of sp³-hybridized carbons (Fsp3) is 0.510. The highest BCUT2D eigenvalue weighted by molar-refractivity contribution is 6.02. The van der Waals surface area contributed by atoms with E-state index in [-0.39, 0.29) is 58.7 Å². The molecule has 0 bridgehead atoms. The van der Waals surface area contributed by atoms with Crippen LogP contribution >= 0.6 is 0 Å². The van der Waals surface area contributed by atoms with Crippen LogP contribution in [0.1, 0.15) is 88.2 Å². The lowest BCUT2D eigenvalue weighted by Gasteiger charge is -2.43. The fourth-order valence-corrected chi connectivity index (χ4v) is 11.4. The Balaban J connectivity index is 0.760. The molecule has 5 aliphatic rings. The number of hydrogen-bond donors (Lipinski definition) is 3. The number of aromatic hydroxyl groups is 1. The van der Waals surface area contributed by atoms with Gasteiger partial charge in [-0.15, -0.1) is 0 Å². The quantitative estimate of drug-likeness (QED) is 0.122. The van der Waals surface area contributed by atoms with E-state index in [0.29, 0.717) is 83.1 Å². The number of ether oxygens (including phenoxy) is 1. The Morgan fingerprint density at radius 1 is 0.836 bits per heavy atom. The summed E-state index contributed by atoms with van der Waals surface area (Å²) in [5.41, 5.74) is 1.81. The average molecular weight is 921 g/mol. The SMILES string of the molecule is CCc1c(F)ccc2cc(O)cc(-c3ncc4c(N5CCC[C@H](O)C5)nc(OC5CCN(C6CCN(CC7CCN(c8ccc(C9CCC(=O)NC9=O)cc8F)CC7)CC6)CC5)nc4c3F)c12. The maximum Gasteiger partial charge on any atom is 0.319 e. The number of aryl methyl sites for hydroxylation is 1. The van der Waals surface area contributed by atoms with E-state index in [1.807, 2.05) is 17.9 Å². The first-order chi connectivity index (χ1) is 32.5. The van der Waals surface area contributed by atoms with Crippen molar-refractivity contribution < 1.29 is 37.7 Å². The second-order valence-electron chi connectivity index (χ2n) is 19.3. The standard InChI is InChI=1S/C51H59F3N8O5/c1-2-37-41(52)8-5-32-24-35(64)26-39(45(32)37)47-46(54)48-40(27-55-47)49(62-17-3-4-34(63)29-62)58-51(57-48)67-36-15-22-60(23-16-36)33-13-18-59(19-14-33)28-30-11-20-61(21-12-30)43-9-6-31(25-42(43)53)38-7-10-44(65)56-50(38)66/h5-6,8-9,24-27,30,33-34,36,38,63-64H,2-4,7,10-23,28-29H2,1H3,(H,56,65,66)/t34-,38?/m0/s1. The Labute approximate surface area is 388 Å². The van der Waals surface area contributed by atoms with E-state index in [2.05, 4.69) is 30.0 Å². The maximum atomic E-state index is 17.0. The molecule has 13 nitrogen and oxygen atoms in total. The van der Waals surface area contributed by atoms with Crippen LogP contribution < -0.4 is 19.9 Å². The molecule has 0 spiro atoms. The van der Waals surface area contributed by atoms with E-state index >= 15 is 13.2 Å². The molecule has 7 heterocycles. The van der Waals surface area contributed by atoms with Crippen LogP contribution in [0.25, 0.3) is 32.9 Å². The van der Waals surface area contributed by atoms with Crippen molar-refractivity contribution in [1.82, 2.24) is 30.1 Å². The Kier molecular flexibility index (Phi) is 13.0. The normalized spacial score (nSPS) is 22.2. The molecule has 16 heteroatoms. The molecule has 1 unspecified atom stereocenters. The Morgan fingerprint density at radius 3 is 2.36 bits per heavy atom. The van der Waals surface area contributed by atoms with Crippen molar-refractivity contribution in [2.75, 3.05) is 68.7 Å². The molecule has 2 amide bonds. The summed E-state index contributed by atoms with van der Waals surface area (Å²) >= 11 is 0. The molecule has 2 aromatic heterocycles. The molecular formula is C51H59F3N8O5. The first-order valence-electron chi connectivity index (χ1n) is 24.2. The van der Waals surface area contributed by atoms with Gasteiger partial charge >= 0.3 is 6.01 Å². The number of amides is 2. The zero-order valence-electron chi connectivity index (χ0n) is 38.0. The number of halogens is 3. The summed E-state index contributed by atoms with van der Waals surface area (Å²) in [7, 11) is 0. The fourth-order valence-electron chi connectivity index (χ4n) is 11.4. The maximum absolute atomic E-state index is 17.0. The molecule has 5 aliphatic heterocycles. The number of anilines is 2. The Bertz CT molecular complexity index is 2670. The van der Waals surface area contributed by atoms with E-state index in [4.69, 9.17) is 9.72 Å². The number of carbonyl (C=O) groups is 2. The van der Waals surface area contributed by atoms with E-state index in [1.54, 1.807) is 12.1 Å². The largest absolute Gasteiger partial charge is 0.508 e. The number of rotatable bonds is 10. The van der Waals surface area contributed by atoms with Gasteiger partial charge in [0.1, 0.15) is 40.5 Å². The number of β-amino-alcohol motifs (C(OH)–C–C–N with tert-alkyl or cyclic N) is 1. The van der Waals surface area contributed by atoms with Crippen molar-refractivity contribution in [2.24, 2.45) is 5.92 Å². The minimum atomic E-state index is -0.723. The summed E-state index contributed by atoms with van der Waals surface area (Å²) in [6.07, 6.45) is 8.90. The number of aliphatic hydroxyl groups excluding tert-OH is 1. The molecule has 10 rings (SSSR count). The van der Waals surface area contributed by atoms with Crippen molar-refractivity contribution in [1.29, 1.82) is 0 Å². The van der Waals surface area contributed by atoms with E-state index in [0.717, 1.165) is 90.8 Å². The Morgan fingerprint density at radius 2 is 1.63 bits per heavy atom. The van der Waals surface area contributed by atoms with Gasteiger partial charge in [0.2, 0.25) is 11.8 Å². The highest BCUT2D eigenvalue weighted by atomic mass is 19.1. The molecule has 67 heavy (non-hydrogen) atoms. The van der Waals surface area contributed by atoms with Gasteiger partial charge in [0.15, 0.2) is 5.82 Å². The molecule has 354 valence electrons. The molecule has 5 saturated heterocycles. The predicted molar refractivity (Wildman–Crippen MR) is 250 cm³/mol. The topological polar surface area (TPSA) is 147 Å². The van der Waals surface area contributed by atoms with Crippen LogP contribution in [-0.2, 0) is 16.0 Å². The van der Waals surface area contributed by atoms with Crippen LogP contribution in [0.5, 0.6) is 11.8 Å². The zero-order valence-corrected chi connectivity index (χ0v) is 38.0. The minimum Gasteiger partial charge on any atom is -0.508 e. The van der Waals surface area contributed by atoms with Gasteiger partial charge in [0.05, 0.1) is 23.1 Å². The number of aromatic nitrogens is 3. The van der Waals surface area contributed by atoms with E-state index in [9.17, 15) is 19.8 Å². The number of benzene rings is 3. The number of pyridine rings is 1. The predicted octanol–water partition coefficient (Wildman–Crippen LogP) is 7.24. The molecule has 5 aromatic rings. The number of imide groups is 1. The van der Waals surface area contributed by atoms with Crippen LogP contribution in [0.15, 0.2) is 48.7 Å². The smallest absolute Gasteiger partial charge is 0.319 e. The number of phenols is 1. The van der Waals surface area contributed by atoms with E-state index < -0.39 is 23.7 Å². The van der Waals surface area contributed by atoms with Gasteiger partial charge in [-0.2, -0.15) is 9.97 Å². The number of phenolic OH excluding ortho intramolecular Hbond substituents is 1. The molecule has 0 radical (unpaired) electrons. The Hall–Kier alpha value is -5.58. The van der Waals surface area contributed by atoms with Gasteiger partial charge in [-0.25, -0.2) is 13.2 Å². The number of hydrogen-bond acceptors (Lipinski definition) is 12. The van der Waals surface area contributed by atoms with Crippen LogP contribution in [0.2, 0.25) is 0 Å². The summed E-state index contributed by atoms with van der Waals surface area (Å²) in [5, 5.41) is 25.1. The van der Waals surface area contributed by atoms with Gasteiger partial charge < -0.3 is 34.5 Å². The van der Waals surface area contributed by atoms with Crippen LogP contribution in [0, 0.1) is 23.4 Å². The minimum absolute atomic E-state index is 0.0120. The lowest BCUT2D eigenvalue weighted by Crippen LogP contribution is -2.50. The summed E-state index contributed by atoms with van der Waals surface area (Å²) in [6.45, 7) is 9.18. The summed E-state index contributed by atoms with van der Waals surface area (Å²) in [5.74, 6) is -1.69. The molecule has 2 atom stereocenters. The zero-order chi connectivity index (χ0) is 46.3. The third-order valence-corrected chi connectivity index (χ3v) is 15.0. The van der Waals surface area contributed by atoms with Gasteiger partial charge in [-0.3, -0.25) is 19.9 Å². The second-order valence-corrected chi connectivity index (χ2v) is 19.3. The highest BCUT2D eigenvalue weighted by Gasteiger charge is 2.33. The van der Waals surface area contributed by atoms with Crippen molar-refractivity contribution in [3.8, 4) is 23.0 Å². The summed E-state index contributed by atoms with van der Waals surface area (Å²) < 4.78 is 54.0. The van der Waals surface area contributed by atoms with Crippen molar-refractivity contribution in [3.63, 3.8) is 0 Å². The van der Waals surface area contributed by atoms with Gasteiger partial charge in [-0.1, -0.05) is 19.1 Å². The van der Waals surface area contributed by atoms with E-state index in [1.165, 1.54) is 30.5 Å². The van der Waals surface area contributed by atoms with Crippen molar-refractivity contribution in [2.45, 2.75) is 102 Å². The lowest BCUT2D eigenvalue weighted by molar-refractivity contribution is -0.134. The number of carbonyl (C=O) groups excluding carboxylic acids is 2. The number of aliphatic hydroxyl groups is 1. The van der Waals surface area contributed by atoms with Gasteiger partial charge in [0.25, 0.3) is 0 Å². The highest BCUT2D eigenvalue weighted by Crippen LogP contribution is 2.40. The number of nitrogens with zero attached hydrogens (tertiary/aromatic N) is 7. The molecule has 0 aliphatic carbocycles. The number of nitrogens with one attached hydrogen (secondary N) is 1. The van der Waals surface area contributed by atoms with Gasteiger partial charge in [0, 0.05) is 70.0 Å². The summed E-state index contributed by atoms with van der Waals surface area (Å²) in [4.78, 5) is 47.2. The lowest BCUT2D eigenvalue weighted by atomic mass is 9.90. The number of fused-ring (bicyclic) bond motifs is 2. The molecule has 3 N–H and O–H groups in total. The molecule has 5 fully saturated rings. The third-order valence-electron chi connectivity index (χ3n) is 15.0. The number of piperidine rings is 5. The first-order valence-corrected chi connectivity index (χ1v) is 24.2. The van der Waals surface area contributed by atoms with Crippen LogP contribution in [0.3, 0.4) is 0 Å². The van der Waals surface area contributed by atoms with Crippen molar-refractivity contribution in [3.05, 3.63) is 77.2 Å². The number of likely N-dealkylation sites (tertiary alicyclic amines) is 2. The molecular weight excluding hydrogens is 862 g/mol. The van der Waals surface area contributed by atoms with Crippen LogP contribution in [0.4, 0.5) is 24.7 Å². The van der Waals surface area contributed by atoms with Crippen molar-refractivity contribution >= 4 is 45.0 Å². The molecule has 3 aromatic carbocycles. The van der Waals surface area contributed by atoms with Crippen LogP contribution in [-0.4, -0.2) is 124 Å². The summed E-state index contributed by atoms with van der Waals surface area (Å²) in [6, 6.07) is 11.5. The van der Waals surface area contributed by atoms with Gasteiger partial charge in [-0.05, 0) is 135 Å². The second kappa shape index (κ2) is 19.2. The molecule has 0 saturated carbocycles. The first kappa shape index (κ1) is 45.2.